The first-order valence-electron chi connectivity index (χ1n) is 7.64. The molecular weight excluding hydrogens is 294 g/mol. The first-order valence-corrected chi connectivity index (χ1v) is 7.64. The Labute approximate surface area is 138 Å². The van der Waals surface area contributed by atoms with Crippen LogP contribution in [0.25, 0.3) is 0 Å². The predicted octanol–water partition coefficient (Wildman–Crippen LogP) is 3.64. The lowest BCUT2D eigenvalue weighted by atomic mass is 10.1. The topological polar surface area (TPSA) is 60.6 Å². The minimum absolute atomic E-state index is 0.166. The first kappa shape index (κ1) is 18.9. The minimum atomic E-state index is -0.215. The first-order chi connectivity index (χ1) is 10.9. The number of H-pyrrole nitrogens is 1. The zero-order valence-corrected chi connectivity index (χ0v) is 14.9. The van der Waals surface area contributed by atoms with Gasteiger partial charge in [0.15, 0.2) is 0 Å². The fourth-order valence-electron chi connectivity index (χ4n) is 2.23. The third-order valence-electron chi connectivity index (χ3n) is 3.55. The lowest BCUT2D eigenvalue weighted by Crippen LogP contribution is -2.15. The van der Waals surface area contributed by atoms with E-state index in [9.17, 15) is 4.79 Å². The second-order valence-electron chi connectivity index (χ2n) is 5.61. The molecule has 1 N–H and O–H groups in total. The highest BCUT2D eigenvalue weighted by Gasteiger charge is 2.18. The van der Waals surface area contributed by atoms with Crippen LogP contribution in [0.4, 0.5) is 0 Å². The maximum atomic E-state index is 12.5. The van der Waals surface area contributed by atoms with Crippen molar-refractivity contribution in [3.63, 3.8) is 0 Å². The number of allylic oxidation sites excluding steroid dienone is 4. The molecule has 0 aliphatic rings. The third-order valence-corrected chi connectivity index (χ3v) is 3.55. The van der Waals surface area contributed by atoms with Gasteiger partial charge in [0.05, 0.1) is 26.9 Å². The molecule has 0 aliphatic heterocycles. The van der Waals surface area contributed by atoms with Gasteiger partial charge in [-0.1, -0.05) is 23.3 Å². The van der Waals surface area contributed by atoms with Gasteiger partial charge in [0, 0.05) is 0 Å². The van der Waals surface area contributed by atoms with Gasteiger partial charge in [-0.25, -0.2) is 0 Å². The van der Waals surface area contributed by atoms with Crippen molar-refractivity contribution in [3.05, 3.63) is 39.1 Å². The Hall–Kier alpha value is -2.17. The minimum Gasteiger partial charge on any atom is -0.488 e. The van der Waals surface area contributed by atoms with E-state index in [1.54, 1.807) is 0 Å². The molecule has 0 fully saturated rings. The number of aromatic nitrogens is 1. The molecule has 1 aromatic rings. The van der Waals surface area contributed by atoms with Gasteiger partial charge in [-0.3, -0.25) is 9.78 Å². The van der Waals surface area contributed by atoms with Crippen LogP contribution >= 0.6 is 0 Å². The SMILES string of the molecule is COc1[nH]c(OC)c(OC)c(=O)c1C/C=C(\C)CCC=C(C)C. The quantitative estimate of drug-likeness (QED) is 0.743. The Balaban J connectivity index is 3.03. The molecule has 0 saturated carbocycles. The van der Waals surface area contributed by atoms with E-state index in [1.165, 1.54) is 32.5 Å². The molecule has 5 nitrogen and oxygen atoms in total. The molecule has 0 radical (unpaired) electrons. The van der Waals surface area contributed by atoms with Crippen LogP contribution < -0.4 is 19.6 Å². The zero-order chi connectivity index (χ0) is 17.4. The summed E-state index contributed by atoms with van der Waals surface area (Å²) in [5.74, 6) is 0.835. The van der Waals surface area contributed by atoms with Gasteiger partial charge in [0.2, 0.25) is 22.9 Å². The summed E-state index contributed by atoms with van der Waals surface area (Å²) >= 11 is 0. The van der Waals surface area contributed by atoms with Crippen molar-refractivity contribution in [2.75, 3.05) is 21.3 Å². The molecule has 1 heterocycles. The molecule has 1 rings (SSSR count). The summed E-state index contributed by atoms with van der Waals surface area (Å²) in [7, 11) is 4.44. The highest BCUT2D eigenvalue weighted by molar-refractivity contribution is 5.43. The molecule has 23 heavy (non-hydrogen) atoms. The third kappa shape index (κ3) is 5.20. The van der Waals surface area contributed by atoms with E-state index in [4.69, 9.17) is 14.2 Å². The molecule has 5 heteroatoms. The summed E-state index contributed by atoms with van der Waals surface area (Å²) in [5, 5.41) is 0. The summed E-state index contributed by atoms with van der Waals surface area (Å²) in [5.41, 5.74) is 2.87. The number of rotatable bonds is 8. The number of ether oxygens (including phenoxy) is 3. The molecule has 0 amide bonds. The fourth-order valence-corrected chi connectivity index (χ4v) is 2.23. The van der Waals surface area contributed by atoms with E-state index >= 15 is 0 Å². The number of methoxy groups -OCH3 is 3. The lowest BCUT2D eigenvalue weighted by Gasteiger charge is -2.12. The van der Waals surface area contributed by atoms with Crippen molar-refractivity contribution in [2.45, 2.75) is 40.0 Å². The van der Waals surface area contributed by atoms with Crippen molar-refractivity contribution in [3.8, 4) is 17.5 Å². The average Bonchev–Trinajstić information content (AvgIpc) is 2.52. The molecule has 0 bridgehead atoms. The standard InChI is InChI=1S/C18H27NO4/c1-12(2)8-7-9-13(3)10-11-14-15(20)16(21-4)18(23-6)19-17(14)22-5/h8,10H,7,9,11H2,1-6H3,(H,19,20)/b13-10+. The van der Waals surface area contributed by atoms with Crippen LogP contribution in [0.15, 0.2) is 28.1 Å². The van der Waals surface area contributed by atoms with Crippen molar-refractivity contribution >= 4 is 0 Å². The molecular formula is C18H27NO4. The van der Waals surface area contributed by atoms with E-state index in [0.717, 1.165) is 12.8 Å². The highest BCUT2D eigenvalue weighted by Crippen LogP contribution is 2.26. The Morgan fingerprint density at radius 1 is 1.00 bits per heavy atom. The maximum Gasteiger partial charge on any atom is 0.241 e. The van der Waals surface area contributed by atoms with Crippen LogP contribution in [-0.4, -0.2) is 26.3 Å². The van der Waals surface area contributed by atoms with Crippen LogP contribution in [0.3, 0.4) is 0 Å². The summed E-state index contributed by atoms with van der Waals surface area (Å²) < 4.78 is 15.6. The van der Waals surface area contributed by atoms with E-state index in [-0.39, 0.29) is 17.1 Å². The van der Waals surface area contributed by atoms with Crippen LogP contribution in [0.1, 0.15) is 39.2 Å². The maximum absolute atomic E-state index is 12.5. The molecule has 0 spiro atoms. The predicted molar refractivity (Wildman–Crippen MR) is 92.8 cm³/mol. The normalized spacial score (nSPS) is 11.1. The summed E-state index contributed by atoms with van der Waals surface area (Å²) in [6, 6.07) is 0. The van der Waals surface area contributed by atoms with Gasteiger partial charge < -0.3 is 14.2 Å². The molecule has 0 atom stereocenters. The molecule has 0 aromatic carbocycles. The summed E-state index contributed by atoms with van der Waals surface area (Å²) in [6.07, 6.45) is 6.72. The molecule has 0 aliphatic carbocycles. The van der Waals surface area contributed by atoms with E-state index in [0.29, 0.717) is 17.9 Å². The lowest BCUT2D eigenvalue weighted by molar-refractivity contribution is 0.324. The van der Waals surface area contributed by atoms with Gasteiger partial charge in [-0.05, 0) is 40.0 Å². The van der Waals surface area contributed by atoms with Gasteiger partial charge >= 0.3 is 0 Å². The number of hydrogen-bond donors (Lipinski definition) is 1. The number of aromatic amines is 1. The second kappa shape index (κ2) is 9.08. The second-order valence-corrected chi connectivity index (χ2v) is 5.61. The van der Waals surface area contributed by atoms with Gasteiger partial charge in [0.1, 0.15) is 0 Å². The van der Waals surface area contributed by atoms with E-state index in [1.807, 2.05) is 0 Å². The van der Waals surface area contributed by atoms with Crippen LogP contribution in [-0.2, 0) is 6.42 Å². The summed E-state index contributed by atoms with van der Waals surface area (Å²) in [6.45, 7) is 6.25. The van der Waals surface area contributed by atoms with Crippen LogP contribution in [0, 0.1) is 0 Å². The van der Waals surface area contributed by atoms with E-state index < -0.39 is 0 Å². The van der Waals surface area contributed by atoms with Crippen molar-refractivity contribution in [1.82, 2.24) is 4.98 Å². The van der Waals surface area contributed by atoms with Crippen LogP contribution in [0.2, 0.25) is 0 Å². The zero-order valence-electron chi connectivity index (χ0n) is 14.9. The Morgan fingerprint density at radius 3 is 2.17 bits per heavy atom. The van der Waals surface area contributed by atoms with Crippen molar-refractivity contribution < 1.29 is 14.2 Å². The Bertz CT molecular complexity index is 637. The number of pyridine rings is 1. The van der Waals surface area contributed by atoms with Crippen molar-refractivity contribution in [2.24, 2.45) is 0 Å². The Morgan fingerprint density at radius 2 is 1.65 bits per heavy atom. The van der Waals surface area contributed by atoms with Gasteiger partial charge in [-0.15, -0.1) is 0 Å². The van der Waals surface area contributed by atoms with E-state index in [2.05, 4.69) is 37.9 Å². The Kier molecular flexibility index (Phi) is 7.45. The molecule has 0 unspecified atom stereocenters. The number of nitrogens with one attached hydrogen (secondary N) is 1. The van der Waals surface area contributed by atoms with Crippen molar-refractivity contribution in [1.29, 1.82) is 0 Å². The van der Waals surface area contributed by atoms with Gasteiger partial charge in [-0.2, -0.15) is 0 Å². The molecule has 128 valence electrons. The molecule has 1 aromatic heterocycles. The van der Waals surface area contributed by atoms with Gasteiger partial charge in [0.25, 0.3) is 0 Å². The molecule has 0 saturated heterocycles. The summed E-state index contributed by atoms with van der Waals surface area (Å²) in [4.78, 5) is 15.5. The monoisotopic (exact) mass is 321 g/mol. The largest absolute Gasteiger partial charge is 0.488 e. The highest BCUT2D eigenvalue weighted by atomic mass is 16.5. The number of hydrogen-bond acceptors (Lipinski definition) is 4. The van der Waals surface area contributed by atoms with Crippen LogP contribution in [0.5, 0.6) is 17.5 Å². The smallest absolute Gasteiger partial charge is 0.241 e. The average molecular weight is 321 g/mol. The fraction of sp³-hybridized carbons (Fsp3) is 0.500.